The standard InChI is InChI=1S/C13H21N3O2/c1-9(2)12-13(11(17)7-8-15(4)5)16(18-6)10(3)14-12/h7-9H,1-6H3. The molecule has 1 heterocycles. The van der Waals surface area contributed by atoms with Gasteiger partial charge in [0.05, 0.1) is 5.69 Å². The molecule has 0 unspecified atom stereocenters. The van der Waals surface area contributed by atoms with Crippen molar-refractivity contribution >= 4 is 5.78 Å². The smallest absolute Gasteiger partial charge is 0.209 e. The predicted octanol–water partition coefficient (Wildman–Crippen LogP) is 1.63. The molecule has 100 valence electrons. The van der Waals surface area contributed by atoms with Crippen molar-refractivity contribution in [2.24, 2.45) is 0 Å². The van der Waals surface area contributed by atoms with E-state index in [0.29, 0.717) is 11.5 Å². The van der Waals surface area contributed by atoms with E-state index in [2.05, 4.69) is 4.98 Å². The summed E-state index contributed by atoms with van der Waals surface area (Å²) in [5, 5.41) is 0. The highest BCUT2D eigenvalue weighted by Crippen LogP contribution is 2.20. The van der Waals surface area contributed by atoms with Crippen LogP contribution < -0.4 is 4.84 Å². The number of aromatic nitrogens is 2. The Labute approximate surface area is 108 Å². The summed E-state index contributed by atoms with van der Waals surface area (Å²) in [6, 6.07) is 0. The van der Waals surface area contributed by atoms with Crippen LogP contribution >= 0.6 is 0 Å². The largest absolute Gasteiger partial charge is 0.415 e. The molecule has 0 aliphatic rings. The molecule has 0 aromatic carbocycles. The third-order valence-corrected chi connectivity index (χ3v) is 2.51. The number of carbonyl (C=O) groups is 1. The molecule has 0 bridgehead atoms. The van der Waals surface area contributed by atoms with Crippen LogP contribution in [0.5, 0.6) is 0 Å². The van der Waals surface area contributed by atoms with E-state index in [-0.39, 0.29) is 11.7 Å². The number of ketones is 1. The van der Waals surface area contributed by atoms with Crippen molar-refractivity contribution in [3.63, 3.8) is 0 Å². The molecular weight excluding hydrogens is 230 g/mol. The van der Waals surface area contributed by atoms with Crippen molar-refractivity contribution in [2.75, 3.05) is 21.2 Å². The van der Waals surface area contributed by atoms with Crippen LogP contribution in [0.4, 0.5) is 0 Å². The minimum Gasteiger partial charge on any atom is -0.415 e. The minimum absolute atomic E-state index is 0.102. The molecule has 5 heteroatoms. The SMILES string of the molecule is COn1c(C)nc(C(C)C)c1C(=O)C=CN(C)C. The lowest BCUT2D eigenvalue weighted by molar-refractivity contribution is 0.0975. The Morgan fingerprint density at radius 1 is 1.44 bits per heavy atom. The van der Waals surface area contributed by atoms with Crippen LogP contribution in [0.15, 0.2) is 12.3 Å². The molecule has 18 heavy (non-hydrogen) atoms. The molecule has 0 atom stereocenters. The van der Waals surface area contributed by atoms with E-state index in [9.17, 15) is 4.79 Å². The highest BCUT2D eigenvalue weighted by Gasteiger charge is 2.22. The number of imidazole rings is 1. The second-order valence-corrected chi connectivity index (χ2v) is 4.67. The molecule has 0 fully saturated rings. The quantitative estimate of drug-likeness (QED) is 0.589. The van der Waals surface area contributed by atoms with Gasteiger partial charge in [-0.05, 0) is 12.8 Å². The van der Waals surface area contributed by atoms with E-state index >= 15 is 0 Å². The first kappa shape index (κ1) is 14.3. The van der Waals surface area contributed by atoms with Gasteiger partial charge in [-0.15, -0.1) is 0 Å². The van der Waals surface area contributed by atoms with E-state index in [4.69, 9.17) is 4.84 Å². The number of aryl methyl sites for hydroxylation is 1. The molecule has 0 N–H and O–H groups in total. The summed E-state index contributed by atoms with van der Waals surface area (Å²) >= 11 is 0. The van der Waals surface area contributed by atoms with E-state index in [1.165, 1.54) is 17.9 Å². The molecule has 1 aromatic rings. The van der Waals surface area contributed by atoms with Gasteiger partial charge in [0.15, 0.2) is 5.69 Å². The second-order valence-electron chi connectivity index (χ2n) is 4.67. The van der Waals surface area contributed by atoms with Gasteiger partial charge >= 0.3 is 0 Å². The summed E-state index contributed by atoms with van der Waals surface area (Å²) in [6.07, 6.45) is 3.24. The van der Waals surface area contributed by atoms with Crippen LogP contribution in [-0.2, 0) is 0 Å². The second kappa shape index (κ2) is 5.71. The first-order chi connectivity index (χ1) is 8.38. The Hall–Kier alpha value is -1.78. The van der Waals surface area contributed by atoms with Crippen LogP contribution in [-0.4, -0.2) is 41.6 Å². The maximum Gasteiger partial charge on any atom is 0.209 e. The van der Waals surface area contributed by atoms with Crippen molar-refractivity contribution in [3.8, 4) is 0 Å². The predicted molar refractivity (Wildman–Crippen MR) is 70.7 cm³/mol. The lowest BCUT2D eigenvalue weighted by Gasteiger charge is -2.08. The van der Waals surface area contributed by atoms with Gasteiger partial charge in [-0.25, -0.2) is 4.98 Å². The summed E-state index contributed by atoms with van der Waals surface area (Å²) in [6.45, 7) is 5.84. The van der Waals surface area contributed by atoms with Gasteiger partial charge in [0.1, 0.15) is 12.9 Å². The Kier molecular flexibility index (Phi) is 4.53. The highest BCUT2D eigenvalue weighted by molar-refractivity contribution is 6.04. The van der Waals surface area contributed by atoms with Gasteiger partial charge in [-0.2, -0.15) is 4.73 Å². The van der Waals surface area contributed by atoms with Gasteiger partial charge in [0, 0.05) is 26.4 Å². The fraction of sp³-hybridized carbons (Fsp3) is 0.538. The molecule has 0 radical (unpaired) electrons. The molecule has 0 amide bonds. The van der Waals surface area contributed by atoms with Crippen LogP contribution in [0.25, 0.3) is 0 Å². The minimum atomic E-state index is -0.102. The lowest BCUT2D eigenvalue weighted by Crippen LogP contribution is -2.16. The molecule has 1 rings (SSSR count). The van der Waals surface area contributed by atoms with Crippen LogP contribution in [0.2, 0.25) is 0 Å². The van der Waals surface area contributed by atoms with Gasteiger partial charge in [-0.3, -0.25) is 4.79 Å². The molecule has 5 nitrogen and oxygen atoms in total. The Balaban J connectivity index is 3.24. The molecule has 0 saturated carbocycles. The third-order valence-electron chi connectivity index (χ3n) is 2.51. The first-order valence-corrected chi connectivity index (χ1v) is 5.91. The Bertz CT molecular complexity index is 459. The lowest BCUT2D eigenvalue weighted by atomic mass is 10.1. The van der Waals surface area contributed by atoms with E-state index < -0.39 is 0 Å². The third kappa shape index (κ3) is 2.91. The first-order valence-electron chi connectivity index (χ1n) is 5.91. The topological polar surface area (TPSA) is 47.4 Å². The van der Waals surface area contributed by atoms with Crippen molar-refractivity contribution in [1.29, 1.82) is 0 Å². The van der Waals surface area contributed by atoms with E-state index in [1.807, 2.05) is 39.8 Å². The number of allylic oxidation sites excluding steroid dienone is 1. The summed E-state index contributed by atoms with van der Waals surface area (Å²) in [5.41, 5.74) is 1.27. The molecule has 0 aliphatic heterocycles. The molecule has 0 aliphatic carbocycles. The fourth-order valence-corrected chi connectivity index (χ4v) is 1.69. The van der Waals surface area contributed by atoms with Gasteiger partial charge < -0.3 is 9.74 Å². The van der Waals surface area contributed by atoms with Gasteiger partial charge in [-0.1, -0.05) is 13.8 Å². The number of hydrogen-bond donors (Lipinski definition) is 0. The van der Waals surface area contributed by atoms with Crippen molar-refractivity contribution in [2.45, 2.75) is 26.7 Å². The molecule has 1 aromatic heterocycles. The normalized spacial score (nSPS) is 11.3. The number of nitrogens with zero attached hydrogens (tertiary/aromatic N) is 3. The zero-order valence-corrected chi connectivity index (χ0v) is 11.9. The average Bonchev–Trinajstić information content (AvgIpc) is 2.63. The fourth-order valence-electron chi connectivity index (χ4n) is 1.69. The maximum atomic E-state index is 12.2. The van der Waals surface area contributed by atoms with Crippen LogP contribution in [0.1, 0.15) is 41.8 Å². The Morgan fingerprint density at radius 3 is 2.50 bits per heavy atom. The van der Waals surface area contributed by atoms with Gasteiger partial charge in [0.25, 0.3) is 0 Å². The molecule has 0 saturated heterocycles. The number of hydrogen-bond acceptors (Lipinski definition) is 4. The summed E-state index contributed by atoms with van der Waals surface area (Å²) in [4.78, 5) is 23.6. The van der Waals surface area contributed by atoms with Gasteiger partial charge in [0.2, 0.25) is 5.78 Å². The zero-order valence-electron chi connectivity index (χ0n) is 11.9. The summed E-state index contributed by atoms with van der Waals surface area (Å²) in [7, 11) is 5.27. The average molecular weight is 251 g/mol. The van der Waals surface area contributed by atoms with E-state index in [0.717, 1.165) is 5.69 Å². The summed E-state index contributed by atoms with van der Waals surface area (Å²) in [5.74, 6) is 0.754. The van der Waals surface area contributed by atoms with Crippen molar-refractivity contribution in [1.82, 2.24) is 14.6 Å². The zero-order chi connectivity index (χ0) is 13.9. The molecular formula is C13H21N3O2. The van der Waals surface area contributed by atoms with Crippen molar-refractivity contribution in [3.05, 3.63) is 29.5 Å². The number of rotatable bonds is 5. The van der Waals surface area contributed by atoms with E-state index in [1.54, 1.807) is 6.20 Å². The van der Waals surface area contributed by atoms with Crippen LogP contribution in [0.3, 0.4) is 0 Å². The summed E-state index contributed by atoms with van der Waals surface area (Å²) < 4.78 is 1.48. The maximum absolute atomic E-state index is 12.2. The van der Waals surface area contributed by atoms with Crippen molar-refractivity contribution < 1.29 is 9.63 Å². The monoisotopic (exact) mass is 251 g/mol. The Morgan fingerprint density at radius 2 is 2.06 bits per heavy atom. The highest BCUT2D eigenvalue weighted by atomic mass is 16.6. The van der Waals surface area contributed by atoms with Crippen LogP contribution in [0, 0.1) is 6.92 Å². The number of carbonyl (C=O) groups excluding carboxylic acids is 1. The molecule has 0 spiro atoms.